The van der Waals surface area contributed by atoms with Gasteiger partial charge >= 0.3 is 0 Å². The maximum absolute atomic E-state index is 11.0. The zero-order valence-electron chi connectivity index (χ0n) is 11.9. The molecular weight excluding hydrogens is 256 g/mol. The second-order valence-electron chi connectivity index (χ2n) is 5.12. The molecular formula is C20H16O. The normalized spacial score (nSPS) is 11.6. The smallest absolute Gasteiger partial charge is 0.145 e. The van der Waals surface area contributed by atoms with Crippen LogP contribution in [0.5, 0.6) is 0 Å². The van der Waals surface area contributed by atoms with Gasteiger partial charge in [0, 0.05) is 0 Å². The van der Waals surface area contributed by atoms with Crippen LogP contribution >= 0.6 is 0 Å². The average molecular weight is 272 g/mol. The Bertz CT molecular complexity index is 814. The molecule has 0 aromatic heterocycles. The Morgan fingerprint density at radius 1 is 0.857 bits per heavy atom. The summed E-state index contributed by atoms with van der Waals surface area (Å²) in [5.41, 5.74) is 4.14. The number of hydrogen-bond acceptors (Lipinski definition) is 1. The lowest BCUT2D eigenvalue weighted by molar-refractivity contribution is -0.104. The second-order valence-corrected chi connectivity index (χ2v) is 5.12. The number of fused-ring (bicyclic) bond motifs is 1. The molecule has 0 fully saturated rings. The topological polar surface area (TPSA) is 17.1 Å². The van der Waals surface area contributed by atoms with Gasteiger partial charge in [-0.1, -0.05) is 66.7 Å². The van der Waals surface area contributed by atoms with Gasteiger partial charge in [0.2, 0.25) is 0 Å². The molecule has 3 aromatic rings. The fourth-order valence-electron chi connectivity index (χ4n) is 2.61. The zero-order chi connectivity index (χ0) is 14.7. The number of benzene rings is 3. The first-order valence-corrected chi connectivity index (χ1v) is 7.00. The van der Waals surface area contributed by atoms with E-state index >= 15 is 0 Å². The van der Waals surface area contributed by atoms with Crippen LogP contribution < -0.4 is 0 Å². The molecule has 0 aliphatic rings. The first-order chi connectivity index (χ1) is 10.3. The fraction of sp³-hybridized carbons (Fsp3) is 0.0500. The summed E-state index contributed by atoms with van der Waals surface area (Å²) in [7, 11) is 0. The first kappa shape index (κ1) is 13.3. The number of hydrogen-bond donors (Lipinski definition) is 0. The number of carbonyl (C=O) groups is 1. The second kappa shape index (κ2) is 5.76. The monoisotopic (exact) mass is 272 g/mol. The van der Waals surface area contributed by atoms with Crippen molar-refractivity contribution in [2.45, 2.75) is 6.92 Å². The third-order valence-corrected chi connectivity index (χ3v) is 3.59. The summed E-state index contributed by atoms with van der Waals surface area (Å²) in [6.45, 7) is 1.83. The number of rotatable bonds is 3. The molecule has 0 saturated heterocycles. The lowest BCUT2D eigenvalue weighted by atomic mass is 9.92. The van der Waals surface area contributed by atoms with Gasteiger partial charge in [-0.25, -0.2) is 0 Å². The Hall–Kier alpha value is -2.67. The Labute approximate surface area is 124 Å². The number of allylic oxidation sites excluding steroid dienone is 1. The molecule has 21 heavy (non-hydrogen) atoms. The predicted octanol–water partition coefficient (Wildman–Crippen LogP) is 5.11. The minimum absolute atomic E-state index is 0.725. The fourth-order valence-corrected chi connectivity index (χ4v) is 2.61. The highest BCUT2D eigenvalue weighted by molar-refractivity contribution is 6.01. The van der Waals surface area contributed by atoms with E-state index in [1.165, 1.54) is 21.9 Å². The molecule has 0 saturated carbocycles. The van der Waals surface area contributed by atoms with Crippen molar-refractivity contribution in [3.05, 3.63) is 77.9 Å². The van der Waals surface area contributed by atoms with E-state index in [0.29, 0.717) is 0 Å². The van der Waals surface area contributed by atoms with Gasteiger partial charge in [0.1, 0.15) is 6.29 Å². The standard InChI is InChI=1S/C20H16O/c1-15(14-21)13-18-12-11-16-7-5-6-10-19(16)20(18)17-8-3-2-4-9-17/h2-14H,1H3/b15-13+. The Balaban J connectivity index is 2.36. The summed E-state index contributed by atoms with van der Waals surface area (Å²) in [5, 5.41) is 2.41. The van der Waals surface area contributed by atoms with Gasteiger partial charge in [-0.05, 0) is 46.0 Å². The Kier molecular flexibility index (Phi) is 3.65. The van der Waals surface area contributed by atoms with Crippen molar-refractivity contribution >= 4 is 23.1 Å². The van der Waals surface area contributed by atoms with Crippen molar-refractivity contribution in [2.24, 2.45) is 0 Å². The highest BCUT2D eigenvalue weighted by Gasteiger charge is 2.08. The first-order valence-electron chi connectivity index (χ1n) is 7.00. The summed E-state index contributed by atoms with van der Waals surface area (Å²) in [5.74, 6) is 0. The molecule has 1 heteroatoms. The SMILES string of the molecule is C/C(C=O)=C\c1ccc2ccccc2c1-c1ccccc1. The zero-order valence-corrected chi connectivity index (χ0v) is 11.9. The lowest BCUT2D eigenvalue weighted by Gasteiger charge is -2.11. The van der Waals surface area contributed by atoms with Gasteiger partial charge in [-0.2, -0.15) is 0 Å². The summed E-state index contributed by atoms with van der Waals surface area (Å²) in [4.78, 5) is 11.0. The van der Waals surface area contributed by atoms with Crippen LogP contribution in [0.4, 0.5) is 0 Å². The molecule has 0 aliphatic carbocycles. The molecule has 3 rings (SSSR count). The molecule has 0 spiro atoms. The highest BCUT2D eigenvalue weighted by atomic mass is 16.1. The summed E-state index contributed by atoms with van der Waals surface area (Å²) in [6, 6.07) is 22.8. The minimum Gasteiger partial charge on any atom is -0.298 e. The number of carbonyl (C=O) groups excluding carboxylic acids is 1. The molecule has 102 valence electrons. The van der Waals surface area contributed by atoms with Crippen molar-refractivity contribution in [3.8, 4) is 11.1 Å². The van der Waals surface area contributed by atoms with Gasteiger partial charge in [-0.15, -0.1) is 0 Å². The lowest BCUT2D eigenvalue weighted by Crippen LogP contribution is -1.88. The summed E-state index contributed by atoms with van der Waals surface area (Å²) >= 11 is 0. The third kappa shape index (κ3) is 2.63. The van der Waals surface area contributed by atoms with E-state index in [0.717, 1.165) is 17.4 Å². The van der Waals surface area contributed by atoms with Crippen LogP contribution in [-0.2, 0) is 4.79 Å². The highest BCUT2D eigenvalue weighted by Crippen LogP contribution is 2.33. The minimum atomic E-state index is 0.725. The molecule has 0 aliphatic heterocycles. The van der Waals surface area contributed by atoms with Crippen molar-refractivity contribution in [2.75, 3.05) is 0 Å². The summed E-state index contributed by atoms with van der Waals surface area (Å²) < 4.78 is 0. The molecule has 0 unspecified atom stereocenters. The van der Waals surface area contributed by atoms with E-state index in [9.17, 15) is 4.79 Å². The molecule has 3 aromatic carbocycles. The molecule has 0 heterocycles. The van der Waals surface area contributed by atoms with Crippen LogP contribution in [0.25, 0.3) is 28.0 Å². The molecule has 0 amide bonds. The van der Waals surface area contributed by atoms with Crippen LogP contribution in [0.15, 0.2) is 72.3 Å². The van der Waals surface area contributed by atoms with E-state index in [4.69, 9.17) is 0 Å². The Morgan fingerprint density at radius 2 is 1.57 bits per heavy atom. The third-order valence-electron chi connectivity index (χ3n) is 3.59. The van der Waals surface area contributed by atoms with Crippen molar-refractivity contribution in [3.63, 3.8) is 0 Å². The maximum atomic E-state index is 11.0. The molecule has 0 radical (unpaired) electrons. The van der Waals surface area contributed by atoms with E-state index in [1.807, 2.05) is 37.3 Å². The van der Waals surface area contributed by atoms with E-state index in [1.54, 1.807) is 0 Å². The van der Waals surface area contributed by atoms with Crippen LogP contribution in [0.3, 0.4) is 0 Å². The quantitative estimate of drug-likeness (QED) is 0.478. The van der Waals surface area contributed by atoms with Crippen LogP contribution in [0.1, 0.15) is 12.5 Å². The van der Waals surface area contributed by atoms with Gasteiger partial charge in [-0.3, -0.25) is 4.79 Å². The maximum Gasteiger partial charge on any atom is 0.145 e. The van der Waals surface area contributed by atoms with Gasteiger partial charge in [0.05, 0.1) is 0 Å². The van der Waals surface area contributed by atoms with E-state index in [-0.39, 0.29) is 0 Å². The van der Waals surface area contributed by atoms with Crippen LogP contribution in [0.2, 0.25) is 0 Å². The van der Waals surface area contributed by atoms with Gasteiger partial charge in [0.15, 0.2) is 0 Å². The van der Waals surface area contributed by atoms with Crippen molar-refractivity contribution in [1.29, 1.82) is 0 Å². The van der Waals surface area contributed by atoms with Gasteiger partial charge in [0.25, 0.3) is 0 Å². The Morgan fingerprint density at radius 3 is 2.33 bits per heavy atom. The molecule has 0 bridgehead atoms. The molecule has 0 N–H and O–H groups in total. The largest absolute Gasteiger partial charge is 0.298 e. The predicted molar refractivity (Wildman–Crippen MR) is 89.1 cm³/mol. The van der Waals surface area contributed by atoms with Crippen LogP contribution in [0, 0.1) is 0 Å². The van der Waals surface area contributed by atoms with Gasteiger partial charge < -0.3 is 0 Å². The molecule has 1 nitrogen and oxygen atoms in total. The average Bonchev–Trinajstić information content (AvgIpc) is 2.55. The van der Waals surface area contributed by atoms with E-state index in [2.05, 4.69) is 42.5 Å². The van der Waals surface area contributed by atoms with Crippen molar-refractivity contribution in [1.82, 2.24) is 0 Å². The molecule has 0 atom stereocenters. The van der Waals surface area contributed by atoms with Crippen molar-refractivity contribution < 1.29 is 4.79 Å². The summed E-state index contributed by atoms with van der Waals surface area (Å²) in [6.07, 6.45) is 2.84. The van der Waals surface area contributed by atoms with Crippen LogP contribution in [-0.4, -0.2) is 6.29 Å². The van der Waals surface area contributed by atoms with E-state index < -0.39 is 0 Å². The number of aldehydes is 1.